The minimum absolute atomic E-state index is 0.135. The molecule has 0 saturated carbocycles. The summed E-state index contributed by atoms with van der Waals surface area (Å²) in [5.74, 6) is -0.307. The largest absolute Gasteiger partial charge is 0.343 e. The Kier molecular flexibility index (Phi) is 5.19. The highest BCUT2D eigenvalue weighted by Gasteiger charge is 2.31. The minimum Gasteiger partial charge on any atom is -0.343 e. The van der Waals surface area contributed by atoms with Crippen LogP contribution in [0.1, 0.15) is 41.4 Å². The summed E-state index contributed by atoms with van der Waals surface area (Å²) in [6.07, 6.45) is 2.46. The van der Waals surface area contributed by atoms with Gasteiger partial charge >= 0.3 is 0 Å². The standard InChI is InChI=1S/C14H27N3O2/c1-6-12-8-7-9-17(12)14(19)10(2)15-13(18)11(3)16(4)5/h10-12H,6-9H2,1-5H3,(H,15,18)/t10-,11?,12-/m0/s1/i9T/t9?,10-,11?,12-. The number of carbonyl (C=O) groups excluding carboxylic acids is 2. The normalized spacial score (nSPS) is 27.1. The maximum absolute atomic E-state index is 12.4. The van der Waals surface area contributed by atoms with Gasteiger partial charge in [-0.25, -0.2) is 0 Å². The highest BCUT2D eigenvalue weighted by molar-refractivity contribution is 5.89. The zero-order chi connectivity index (χ0) is 15.4. The summed E-state index contributed by atoms with van der Waals surface area (Å²) in [5, 5.41) is 2.75. The Bertz CT molecular complexity index is 362. The van der Waals surface area contributed by atoms with E-state index in [0.717, 1.165) is 19.3 Å². The van der Waals surface area contributed by atoms with Crippen LogP contribution in [0.3, 0.4) is 0 Å². The molecule has 4 atom stereocenters. The molecule has 110 valence electrons. The molecule has 5 nitrogen and oxygen atoms in total. The van der Waals surface area contributed by atoms with Gasteiger partial charge in [0.1, 0.15) is 6.04 Å². The second-order valence-electron chi connectivity index (χ2n) is 5.44. The van der Waals surface area contributed by atoms with E-state index in [1.165, 1.54) is 0 Å². The second-order valence-corrected chi connectivity index (χ2v) is 5.44. The lowest BCUT2D eigenvalue weighted by atomic mass is 10.1. The monoisotopic (exact) mass is 271 g/mol. The van der Waals surface area contributed by atoms with E-state index >= 15 is 0 Å². The van der Waals surface area contributed by atoms with E-state index in [0.29, 0.717) is 0 Å². The van der Waals surface area contributed by atoms with E-state index in [1.54, 1.807) is 23.6 Å². The Morgan fingerprint density at radius 1 is 1.47 bits per heavy atom. The molecule has 1 N–H and O–H groups in total. The molecule has 1 rings (SSSR count). The first-order chi connectivity index (χ1) is 9.29. The Balaban J connectivity index is 2.65. The van der Waals surface area contributed by atoms with E-state index in [9.17, 15) is 9.59 Å². The Morgan fingerprint density at radius 3 is 2.63 bits per heavy atom. The van der Waals surface area contributed by atoms with Gasteiger partial charge in [-0.3, -0.25) is 14.5 Å². The third-order valence-electron chi connectivity index (χ3n) is 3.83. The average Bonchev–Trinajstić information content (AvgIpc) is 2.77. The average molecular weight is 271 g/mol. The molecule has 1 fully saturated rings. The van der Waals surface area contributed by atoms with Crippen LogP contribution in [0.25, 0.3) is 0 Å². The molecule has 0 aromatic carbocycles. The van der Waals surface area contributed by atoms with E-state index in [2.05, 4.69) is 5.32 Å². The molecule has 1 saturated heterocycles. The van der Waals surface area contributed by atoms with Crippen molar-refractivity contribution in [2.24, 2.45) is 0 Å². The molecule has 1 aliphatic heterocycles. The highest BCUT2D eigenvalue weighted by atomic mass is 16.2. The van der Waals surface area contributed by atoms with Crippen LogP contribution in [0.2, 0.25) is 0 Å². The number of hydrogen-bond acceptors (Lipinski definition) is 3. The zero-order valence-electron chi connectivity index (χ0n) is 13.6. The molecular formula is C14H27N3O2. The fourth-order valence-corrected chi connectivity index (χ4v) is 2.22. The van der Waals surface area contributed by atoms with Gasteiger partial charge in [0.15, 0.2) is 0 Å². The fraction of sp³-hybridized carbons (Fsp3) is 0.857. The molecule has 1 aliphatic rings. The molecule has 0 aromatic rings. The number of likely N-dealkylation sites (tertiary alicyclic amines) is 1. The number of nitrogens with zero attached hydrogens (tertiary/aromatic N) is 2. The topological polar surface area (TPSA) is 52.7 Å². The number of hydrogen-bond donors (Lipinski definition) is 1. The summed E-state index contributed by atoms with van der Waals surface area (Å²) in [4.78, 5) is 27.8. The van der Waals surface area contributed by atoms with Gasteiger partial charge in [0, 0.05) is 13.9 Å². The van der Waals surface area contributed by atoms with Gasteiger partial charge in [-0.05, 0) is 47.2 Å². The Labute approximate surface area is 117 Å². The summed E-state index contributed by atoms with van der Waals surface area (Å²) in [5.41, 5.74) is 0. The van der Waals surface area contributed by atoms with Crippen molar-refractivity contribution in [1.82, 2.24) is 15.1 Å². The van der Waals surface area contributed by atoms with Crippen molar-refractivity contribution in [1.29, 1.82) is 0 Å². The summed E-state index contributed by atoms with van der Waals surface area (Å²) in [6.45, 7) is 5.05. The predicted molar refractivity (Wildman–Crippen MR) is 75.8 cm³/mol. The van der Waals surface area contributed by atoms with Crippen molar-refractivity contribution in [3.8, 4) is 0 Å². The van der Waals surface area contributed by atoms with Crippen molar-refractivity contribution in [2.75, 3.05) is 20.6 Å². The van der Waals surface area contributed by atoms with E-state index < -0.39 is 12.6 Å². The number of likely N-dealkylation sites (N-methyl/N-ethyl adjacent to an activating group) is 1. The maximum atomic E-state index is 12.4. The lowest BCUT2D eigenvalue weighted by Crippen LogP contribution is -2.52. The summed E-state index contributed by atoms with van der Waals surface area (Å²) >= 11 is 0. The van der Waals surface area contributed by atoms with Crippen LogP contribution in [0.4, 0.5) is 0 Å². The van der Waals surface area contributed by atoms with Crippen LogP contribution in [-0.4, -0.2) is 60.4 Å². The molecule has 19 heavy (non-hydrogen) atoms. The minimum atomic E-state index is -0.579. The molecule has 2 unspecified atom stereocenters. The van der Waals surface area contributed by atoms with Gasteiger partial charge in [-0.1, -0.05) is 6.92 Å². The van der Waals surface area contributed by atoms with Gasteiger partial charge in [-0.15, -0.1) is 0 Å². The molecule has 0 radical (unpaired) electrons. The quantitative estimate of drug-likeness (QED) is 0.806. The van der Waals surface area contributed by atoms with Gasteiger partial charge in [0.05, 0.1) is 6.04 Å². The third-order valence-corrected chi connectivity index (χ3v) is 3.83. The first-order valence-corrected chi connectivity index (χ1v) is 7.00. The molecule has 5 heteroatoms. The van der Waals surface area contributed by atoms with Crippen LogP contribution in [0.5, 0.6) is 0 Å². The van der Waals surface area contributed by atoms with Crippen molar-refractivity contribution in [3.63, 3.8) is 0 Å². The molecular weight excluding hydrogens is 242 g/mol. The zero-order valence-corrected chi connectivity index (χ0v) is 12.6. The Morgan fingerprint density at radius 2 is 2.11 bits per heavy atom. The molecule has 0 aromatic heterocycles. The van der Waals surface area contributed by atoms with Crippen LogP contribution in [-0.2, 0) is 9.59 Å². The molecule has 2 amide bonds. The van der Waals surface area contributed by atoms with E-state index in [4.69, 9.17) is 1.37 Å². The number of amides is 2. The molecule has 0 spiro atoms. The maximum Gasteiger partial charge on any atom is 0.245 e. The number of rotatable bonds is 5. The summed E-state index contributed by atoms with van der Waals surface area (Å²) in [6, 6.07) is -0.724. The van der Waals surface area contributed by atoms with Gasteiger partial charge in [0.25, 0.3) is 0 Å². The number of carbonyl (C=O) groups is 2. The van der Waals surface area contributed by atoms with Gasteiger partial charge in [0.2, 0.25) is 11.8 Å². The van der Waals surface area contributed by atoms with Crippen molar-refractivity contribution >= 4 is 11.8 Å². The van der Waals surface area contributed by atoms with E-state index in [1.807, 2.05) is 21.0 Å². The lowest BCUT2D eigenvalue weighted by molar-refractivity contribution is -0.137. The third kappa shape index (κ3) is 3.93. The van der Waals surface area contributed by atoms with Crippen LogP contribution in [0, 0.1) is 0 Å². The number of nitrogens with one attached hydrogen (secondary N) is 1. The predicted octanol–water partition coefficient (Wildman–Crippen LogP) is 0.842. The lowest BCUT2D eigenvalue weighted by Gasteiger charge is -2.28. The fourth-order valence-electron chi connectivity index (χ4n) is 2.22. The van der Waals surface area contributed by atoms with Crippen LogP contribution < -0.4 is 5.32 Å². The van der Waals surface area contributed by atoms with Crippen LogP contribution in [0.15, 0.2) is 0 Å². The Hall–Kier alpha value is -1.10. The van der Waals surface area contributed by atoms with Crippen molar-refractivity contribution < 1.29 is 11.0 Å². The van der Waals surface area contributed by atoms with Crippen LogP contribution >= 0.6 is 0 Å². The van der Waals surface area contributed by atoms with E-state index in [-0.39, 0.29) is 23.9 Å². The summed E-state index contributed by atoms with van der Waals surface area (Å²) in [7, 11) is 3.65. The smallest absolute Gasteiger partial charge is 0.245 e. The summed E-state index contributed by atoms with van der Waals surface area (Å²) < 4.78 is 7.97. The highest BCUT2D eigenvalue weighted by Crippen LogP contribution is 2.20. The van der Waals surface area contributed by atoms with Crippen molar-refractivity contribution in [3.05, 3.63) is 0 Å². The molecule has 0 aliphatic carbocycles. The first-order valence-electron chi connectivity index (χ1n) is 7.58. The van der Waals surface area contributed by atoms with Crippen molar-refractivity contribution in [2.45, 2.75) is 58.2 Å². The molecule has 0 bridgehead atoms. The first kappa shape index (κ1) is 14.3. The van der Waals surface area contributed by atoms with Gasteiger partial charge in [-0.2, -0.15) is 0 Å². The molecule has 1 heterocycles. The van der Waals surface area contributed by atoms with Gasteiger partial charge < -0.3 is 10.2 Å². The second kappa shape index (κ2) is 6.89. The SMILES string of the molecule is [3H]C1CC[C@H](CC)N1C(=O)[C@H](C)NC(=O)C(C)N(C)C.